The molecule has 1 unspecified atom stereocenters. The lowest BCUT2D eigenvalue weighted by molar-refractivity contribution is -0.121. The van der Waals surface area contributed by atoms with Crippen molar-refractivity contribution in [2.75, 3.05) is 0 Å². The molecule has 3 aromatic rings. The molecular formula is C17H18N4OS. The van der Waals surface area contributed by atoms with E-state index in [1.807, 2.05) is 24.4 Å². The maximum absolute atomic E-state index is 12.1. The van der Waals surface area contributed by atoms with Gasteiger partial charge in [-0.2, -0.15) is 0 Å². The number of nitrogens with one attached hydrogen (secondary N) is 1. The smallest absolute Gasteiger partial charge is 0.221 e. The molecule has 3 aromatic heterocycles. The predicted octanol–water partition coefficient (Wildman–Crippen LogP) is 3.07. The van der Waals surface area contributed by atoms with Crippen LogP contribution in [0.25, 0.3) is 5.65 Å². The fourth-order valence-electron chi connectivity index (χ4n) is 3.03. The van der Waals surface area contributed by atoms with Crippen LogP contribution in [0.2, 0.25) is 0 Å². The highest BCUT2D eigenvalue weighted by Crippen LogP contribution is 2.35. The number of carbonyl (C=O) groups is 1. The van der Waals surface area contributed by atoms with Crippen LogP contribution in [0, 0.1) is 0 Å². The summed E-state index contributed by atoms with van der Waals surface area (Å²) in [5.74, 6) is 0.405. The molecular weight excluding hydrogens is 308 g/mol. The van der Waals surface area contributed by atoms with Crippen molar-refractivity contribution >= 4 is 22.9 Å². The van der Waals surface area contributed by atoms with Crippen LogP contribution in [-0.2, 0) is 11.3 Å². The van der Waals surface area contributed by atoms with Gasteiger partial charge in [-0.3, -0.25) is 4.79 Å². The van der Waals surface area contributed by atoms with E-state index in [9.17, 15) is 4.79 Å². The van der Waals surface area contributed by atoms with Gasteiger partial charge in [0.15, 0.2) is 0 Å². The maximum Gasteiger partial charge on any atom is 0.221 e. The summed E-state index contributed by atoms with van der Waals surface area (Å²) in [6, 6.07) is 5.97. The molecule has 1 aliphatic heterocycles. The number of carbonyl (C=O) groups excluding carboxylic acids is 1. The minimum Gasteiger partial charge on any atom is -0.350 e. The summed E-state index contributed by atoms with van der Waals surface area (Å²) < 4.78 is 2.09. The molecule has 0 spiro atoms. The van der Waals surface area contributed by atoms with Crippen molar-refractivity contribution in [3.05, 3.63) is 51.9 Å². The standard InChI is InChI=1S/C17H18N4OS/c1-10(2)13-9-23-17(20-13)11-7-15(22)18-8-12-16(11)21-6-4-3-5-14(21)19-12/h3-6,9-11H,7-8H2,1-2H3,(H,18,22). The van der Waals surface area contributed by atoms with Gasteiger partial charge in [-0.25, -0.2) is 9.97 Å². The van der Waals surface area contributed by atoms with Gasteiger partial charge in [-0.1, -0.05) is 19.9 Å². The fourth-order valence-corrected chi connectivity index (χ4v) is 4.11. The number of amides is 1. The van der Waals surface area contributed by atoms with E-state index in [4.69, 9.17) is 9.97 Å². The van der Waals surface area contributed by atoms with Crippen molar-refractivity contribution in [3.8, 4) is 0 Å². The summed E-state index contributed by atoms with van der Waals surface area (Å²) in [4.78, 5) is 21.6. The number of pyridine rings is 1. The number of fused-ring (bicyclic) bond motifs is 3. The Morgan fingerprint density at radius 3 is 3.00 bits per heavy atom. The summed E-state index contributed by atoms with van der Waals surface area (Å²) in [5, 5.41) is 6.05. The average Bonchev–Trinajstić information content (AvgIpc) is 3.12. The highest BCUT2D eigenvalue weighted by atomic mass is 32.1. The normalized spacial score (nSPS) is 18.0. The molecule has 6 heteroatoms. The molecule has 0 aromatic carbocycles. The summed E-state index contributed by atoms with van der Waals surface area (Å²) in [6.07, 6.45) is 2.43. The van der Waals surface area contributed by atoms with E-state index >= 15 is 0 Å². The van der Waals surface area contributed by atoms with Gasteiger partial charge in [0.25, 0.3) is 0 Å². The fraction of sp³-hybridized carbons (Fsp3) is 0.353. The van der Waals surface area contributed by atoms with Gasteiger partial charge in [0.05, 0.1) is 29.5 Å². The van der Waals surface area contributed by atoms with E-state index in [1.165, 1.54) is 0 Å². The minimum absolute atomic E-state index is 0.0394. The van der Waals surface area contributed by atoms with Crippen LogP contribution in [0.5, 0.6) is 0 Å². The molecule has 4 rings (SSSR count). The first-order chi connectivity index (χ1) is 11.1. The number of thiazole rings is 1. The minimum atomic E-state index is -0.0394. The largest absolute Gasteiger partial charge is 0.350 e. The van der Waals surface area contributed by atoms with E-state index in [1.54, 1.807) is 11.3 Å². The topological polar surface area (TPSA) is 59.3 Å². The molecule has 0 aliphatic carbocycles. The van der Waals surface area contributed by atoms with Gasteiger partial charge in [0, 0.05) is 18.0 Å². The molecule has 5 nitrogen and oxygen atoms in total. The van der Waals surface area contributed by atoms with Crippen molar-refractivity contribution in [2.45, 2.75) is 38.6 Å². The molecule has 23 heavy (non-hydrogen) atoms. The zero-order valence-electron chi connectivity index (χ0n) is 13.1. The third-order valence-corrected chi connectivity index (χ3v) is 5.22. The Kier molecular flexibility index (Phi) is 3.41. The maximum atomic E-state index is 12.1. The van der Waals surface area contributed by atoms with E-state index in [0.29, 0.717) is 18.9 Å². The molecule has 0 fully saturated rings. The summed E-state index contributed by atoms with van der Waals surface area (Å²) in [7, 11) is 0. The second-order valence-corrected chi connectivity index (χ2v) is 7.06. The van der Waals surface area contributed by atoms with Crippen LogP contribution in [0.3, 0.4) is 0 Å². The highest BCUT2D eigenvalue weighted by Gasteiger charge is 2.30. The molecule has 118 valence electrons. The van der Waals surface area contributed by atoms with E-state index in [2.05, 4.69) is 28.9 Å². The van der Waals surface area contributed by atoms with Crippen molar-refractivity contribution in [3.63, 3.8) is 0 Å². The van der Waals surface area contributed by atoms with Crippen LogP contribution in [0.4, 0.5) is 0 Å². The molecule has 1 N–H and O–H groups in total. The Bertz CT molecular complexity index is 880. The number of hydrogen-bond donors (Lipinski definition) is 1. The Balaban J connectivity index is 1.89. The van der Waals surface area contributed by atoms with Crippen LogP contribution in [0.1, 0.15) is 54.2 Å². The molecule has 0 saturated heterocycles. The second-order valence-electron chi connectivity index (χ2n) is 6.17. The van der Waals surface area contributed by atoms with Gasteiger partial charge in [-0.15, -0.1) is 11.3 Å². The second kappa shape index (κ2) is 5.45. The molecule has 0 radical (unpaired) electrons. The molecule has 0 saturated carbocycles. The van der Waals surface area contributed by atoms with E-state index in [-0.39, 0.29) is 11.8 Å². The number of aromatic nitrogens is 3. The predicted molar refractivity (Wildman–Crippen MR) is 89.7 cm³/mol. The quantitative estimate of drug-likeness (QED) is 0.787. The average molecular weight is 326 g/mol. The number of rotatable bonds is 2. The number of imidazole rings is 1. The van der Waals surface area contributed by atoms with Crippen molar-refractivity contribution in [1.82, 2.24) is 19.7 Å². The third-order valence-electron chi connectivity index (χ3n) is 4.25. The Labute approximate surface area is 138 Å². The number of nitrogens with zero attached hydrogens (tertiary/aromatic N) is 3. The highest BCUT2D eigenvalue weighted by molar-refractivity contribution is 7.09. The Morgan fingerprint density at radius 2 is 2.22 bits per heavy atom. The van der Waals surface area contributed by atoms with Gasteiger partial charge in [0.1, 0.15) is 10.7 Å². The lowest BCUT2D eigenvalue weighted by Gasteiger charge is -2.12. The number of hydrogen-bond acceptors (Lipinski definition) is 4. The van der Waals surface area contributed by atoms with Crippen molar-refractivity contribution in [2.24, 2.45) is 0 Å². The Morgan fingerprint density at radius 1 is 1.35 bits per heavy atom. The Hall–Kier alpha value is -2.21. The molecule has 0 bridgehead atoms. The molecule has 1 atom stereocenters. The molecule has 1 aliphatic rings. The van der Waals surface area contributed by atoms with Gasteiger partial charge >= 0.3 is 0 Å². The van der Waals surface area contributed by atoms with E-state index < -0.39 is 0 Å². The first-order valence-electron chi connectivity index (χ1n) is 7.81. The van der Waals surface area contributed by atoms with Crippen LogP contribution < -0.4 is 5.32 Å². The van der Waals surface area contributed by atoms with Crippen LogP contribution in [-0.4, -0.2) is 20.3 Å². The van der Waals surface area contributed by atoms with E-state index in [0.717, 1.165) is 27.7 Å². The van der Waals surface area contributed by atoms with Crippen molar-refractivity contribution < 1.29 is 4.79 Å². The van der Waals surface area contributed by atoms with Crippen LogP contribution in [0.15, 0.2) is 29.8 Å². The van der Waals surface area contributed by atoms with Gasteiger partial charge in [0.2, 0.25) is 5.91 Å². The molecule has 4 heterocycles. The first-order valence-corrected chi connectivity index (χ1v) is 8.69. The summed E-state index contributed by atoms with van der Waals surface area (Å²) in [6.45, 7) is 4.76. The molecule has 1 amide bonds. The van der Waals surface area contributed by atoms with Gasteiger partial charge in [-0.05, 0) is 18.1 Å². The van der Waals surface area contributed by atoms with Gasteiger partial charge < -0.3 is 9.72 Å². The lowest BCUT2D eigenvalue weighted by atomic mass is 10.0. The third kappa shape index (κ3) is 2.43. The zero-order valence-corrected chi connectivity index (χ0v) is 13.9. The van der Waals surface area contributed by atoms with Crippen molar-refractivity contribution in [1.29, 1.82) is 0 Å². The first kappa shape index (κ1) is 14.4. The lowest BCUT2D eigenvalue weighted by Crippen LogP contribution is -2.21. The monoisotopic (exact) mass is 326 g/mol. The van der Waals surface area contributed by atoms with Crippen LogP contribution >= 0.6 is 11.3 Å². The summed E-state index contributed by atoms with van der Waals surface area (Å²) >= 11 is 1.64. The summed E-state index contributed by atoms with van der Waals surface area (Å²) in [5.41, 5.74) is 4.03. The SMILES string of the molecule is CC(C)c1csc(C2CC(=O)NCc3nc4ccccn4c32)n1. The zero-order chi connectivity index (χ0) is 16.0.